The van der Waals surface area contributed by atoms with E-state index in [9.17, 15) is 0 Å². The predicted octanol–water partition coefficient (Wildman–Crippen LogP) is 3.43. The molecule has 1 nitrogen and oxygen atoms in total. The standard InChI is InChI=1S/C12H18ClN/c1-12(2,3)11(8-14)9-4-6-10(13)7-5-9/h4-7,11H,8,14H2,1-3H3. The zero-order chi connectivity index (χ0) is 10.8. The molecule has 0 saturated carbocycles. The third-order valence-corrected chi connectivity index (χ3v) is 2.81. The highest BCUT2D eigenvalue weighted by molar-refractivity contribution is 6.30. The molecule has 0 saturated heterocycles. The van der Waals surface area contributed by atoms with Crippen LogP contribution >= 0.6 is 11.6 Å². The van der Waals surface area contributed by atoms with Crippen molar-refractivity contribution >= 4 is 11.6 Å². The lowest BCUT2D eigenvalue weighted by molar-refractivity contribution is 0.325. The smallest absolute Gasteiger partial charge is 0.0406 e. The first-order chi connectivity index (χ1) is 6.45. The van der Waals surface area contributed by atoms with Crippen molar-refractivity contribution in [3.63, 3.8) is 0 Å². The zero-order valence-electron chi connectivity index (χ0n) is 9.05. The fourth-order valence-electron chi connectivity index (χ4n) is 1.68. The van der Waals surface area contributed by atoms with Gasteiger partial charge in [-0.25, -0.2) is 0 Å². The van der Waals surface area contributed by atoms with Gasteiger partial charge in [-0.15, -0.1) is 0 Å². The van der Waals surface area contributed by atoms with Crippen molar-refractivity contribution < 1.29 is 0 Å². The molecule has 0 bridgehead atoms. The Bertz CT molecular complexity index is 284. The van der Waals surface area contributed by atoms with Gasteiger partial charge in [-0.3, -0.25) is 0 Å². The monoisotopic (exact) mass is 211 g/mol. The van der Waals surface area contributed by atoms with Crippen LogP contribution in [0.5, 0.6) is 0 Å². The van der Waals surface area contributed by atoms with Crippen LogP contribution in [0.25, 0.3) is 0 Å². The van der Waals surface area contributed by atoms with Gasteiger partial charge in [0, 0.05) is 10.9 Å². The first-order valence-electron chi connectivity index (χ1n) is 4.90. The van der Waals surface area contributed by atoms with Gasteiger partial charge in [0.05, 0.1) is 0 Å². The number of hydrogen-bond acceptors (Lipinski definition) is 1. The number of rotatable bonds is 2. The lowest BCUT2D eigenvalue weighted by Crippen LogP contribution is -2.25. The minimum absolute atomic E-state index is 0.197. The van der Waals surface area contributed by atoms with Gasteiger partial charge in [-0.1, -0.05) is 44.5 Å². The van der Waals surface area contributed by atoms with E-state index >= 15 is 0 Å². The van der Waals surface area contributed by atoms with Crippen molar-refractivity contribution in [2.24, 2.45) is 11.1 Å². The molecule has 78 valence electrons. The maximum Gasteiger partial charge on any atom is 0.0406 e. The molecular formula is C12H18ClN. The van der Waals surface area contributed by atoms with Gasteiger partial charge in [-0.05, 0) is 29.7 Å². The predicted molar refractivity (Wildman–Crippen MR) is 62.7 cm³/mol. The zero-order valence-corrected chi connectivity index (χ0v) is 9.81. The number of halogens is 1. The van der Waals surface area contributed by atoms with E-state index in [0.29, 0.717) is 12.5 Å². The average molecular weight is 212 g/mol. The van der Waals surface area contributed by atoms with Crippen LogP contribution in [0, 0.1) is 5.41 Å². The number of hydrogen-bond donors (Lipinski definition) is 1. The molecule has 0 aromatic heterocycles. The highest BCUT2D eigenvalue weighted by Gasteiger charge is 2.24. The Kier molecular flexibility index (Phi) is 3.57. The quantitative estimate of drug-likeness (QED) is 0.797. The molecule has 1 aromatic rings. The van der Waals surface area contributed by atoms with Gasteiger partial charge in [-0.2, -0.15) is 0 Å². The van der Waals surface area contributed by atoms with Crippen molar-refractivity contribution in [3.05, 3.63) is 34.9 Å². The van der Waals surface area contributed by atoms with Crippen LogP contribution in [0.15, 0.2) is 24.3 Å². The van der Waals surface area contributed by atoms with E-state index in [1.54, 1.807) is 0 Å². The summed E-state index contributed by atoms with van der Waals surface area (Å²) in [7, 11) is 0. The van der Waals surface area contributed by atoms with E-state index in [1.165, 1.54) is 5.56 Å². The summed E-state index contributed by atoms with van der Waals surface area (Å²) in [5, 5.41) is 0.776. The second-order valence-electron chi connectivity index (χ2n) is 4.71. The van der Waals surface area contributed by atoms with Crippen LogP contribution < -0.4 is 5.73 Å². The molecule has 14 heavy (non-hydrogen) atoms. The Morgan fingerprint density at radius 1 is 1.21 bits per heavy atom. The summed E-state index contributed by atoms with van der Waals surface area (Å²) in [5.74, 6) is 0.389. The lowest BCUT2D eigenvalue weighted by Gasteiger charge is -2.30. The minimum atomic E-state index is 0.197. The van der Waals surface area contributed by atoms with E-state index in [2.05, 4.69) is 32.9 Å². The van der Waals surface area contributed by atoms with Crippen LogP contribution in [0.4, 0.5) is 0 Å². The topological polar surface area (TPSA) is 26.0 Å². The fourth-order valence-corrected chi connectivity index (χ4v) is 1.81. The molecular weight excluding hydrogens is 194 g/mol. The molecule has 1 unspecified atom stereocenters. The maximum atomic E-state index is 5.84. The molecule has 1 rings (SSSR count). The van der Waals surface area contributed by atoms with Gasteiger partial charge in [0.15, 0.2) is 0 Å². The van der Waals surface area contributed by atoms with Gasteiger partial charge in [0.2, 0.25) is 0 Å². The summed E-state index contributed by atoms with van der Waals surface area (Å²) < 4.78 is 0. The van der Waals surface area contributed by atoms with Gasteiger partial charge in [0.25, 0.3) is 0 Å². The molecule has 0 radical (unpaired) electrons. The third kappa shape index (κ3) is 2.73. The van der Waals surface area contributed by atoms with E-state index in [-0.39, 0.29) is 5.41 Å². The summed E-state index contributed by atoms with van der Waals surface area (Å²) in [5.41, 5.74) is 7.26. The van der Waals surface area contributed by atoms with Gasteiger partial charge >= 0.3 is 0 Å². The number of benzene rings is 1. The Balaban J connectivity index is 2.96. The second kappa shape index (κ2) is 4.33. The summed E-state index contributed by atoms with van der Waals surface area (Å²) in [6.07, 6.45) is 0. The second-order valence-corrected chi connectivity index (χ2v) is 5.14. The molecule has 0 fully saturated rings. The van der Waals surface area contributed by atoms with E-state index < -0.39 is 0 Å². The molecule has 0 heterocycles. The Labute approximate surface area is 91.3 Å². The Hall–Kier alpha value is -0.530. The molecule has 0 aliphatic heterocycles. The largest absolute Gasteiger partial charge is 0.330 e. The van der Waals surface area contributed by atoms with Crippen LogP contribution in [-0.4, -0.2) is 6.54 Å². The van der Waals surface area contributed by atoms with E-state index in [0.717, 1.165) is 5.02 Å². The van der Waals surface area contributed by atoms with Crippen LogP contribution in [0.3, 0.4) is 0 Å². The number of nitrogens with two attached hydrogens (primary N) is 1. The molecule has 0 aliphatic carbocycles. The summed E-state index contributed by atoms with van der Waals surface area (Å²) in [6, 6.07) is 7.97. The third-order valence-electron chi connectivity index (χ3n) is 2.55. The van der Waals surface area contributed by atoms with Crippen molar-refractivity contribution in [2.75, 3.05) is 6.54 Å². The first-order valence-corrected chi connectivity index (χ1v) is 5.28. The van der Waals surface area contributed by atoms with Crippen LogP contribution in [0.1, 0.15) is 32.3 Å². The average Bonchev–Trinajstić information content (AvgIpc) is 2.07. The van der Waals surface area contributed by atoms with Crippen molar-refractivity contribution in [1.82, 2.24) is 0 Å². The highest BCUT2D eigenvalue weighted by Crippen LogP contribution is 2.34. The SMILES string of the molecule is CC(C)(C)C(CN)c1ccc(Cl)cc1. The highest BCUT2D eigenvalue weighted by atomic mass is 35.5. The van der Waals surface area contributed by atoms with Crippen LogP contribution in [-0.2, 0) is 0 Å². The van der Waals surface area contributed by atoms with Crippen molar-refractivity contribution in [3.8, 4) is 0 Å². The lowest BCUT2D eigenvalue weighted by atomic mass is 9.76. The molecule has 2 N–H and O–H groups in total. The van der Waals surface area contributed by atoms with E-state index in [1.807, 2.05) is 12.1 Å². The fraction of sp³-hybridized carbons (Fsp3) is 0.500. The minimum Gasteiger partial charge on any atom is -0.330 e. The summed E-state index contributed by atoms with van der Waals surface area (Å²) in [6.45, 7) is 7.29. The van der Waals surface area contributed by atoms with Gasteiger partial charge < -0.3 is 5.73 Å². The summed E-state index contributed by atoms with van der Waals surface area (Å²) in [4.78, 5) is 0. The summed E-state index contributed by atoms with van der Waals surface area (Å²) >= 11 is 5.84. The molecule has 2 heteroatoms. The molecule has 0 spiro atoms. The Morgan fingerprint density at radius 2 is 1.71 bits per heavy atom. The normalized spacial score (nSPS) is 14.1. The first kappa shape index (κ1) is 11.5. The van der Waals surface area contributed by atoms with Gasteiger partial charge in [0.1, 0.15) is 0 Å². The molecule has 0 amide bonds. The van der Waals surface area contributed by atoms with Crippen molar-refractivity contribution in [1.29, 1.82) is 0 Å². The van der Waals surface area contributed by atoms with Crippen LogP contribution in [0.2, 0.25) is 5.02 Å². The molecule has 0 aliphatic rings. The maximum absolute atomic E-state index is 5.84. The van der Waals surface area contributed by atoms with E-state index in [4.69, 9.17) is 17.3 Å². The van der Waals surface area contributed by atoms with Crippen molar-refractivity contribution in [2.45, 2.75) is 26.7 Å². The molecule has 1 atom stereocenters. The molecule has 1 aromatic carbocycles. The Morgan fingerprint density at radius 3 is 2.07 bits per heavy atom.